The second kappa shape index (κ2) is 8.67. The van der Waals surface area contributed by atoms with Crippen molar-refractivity contribution in [2.75, 3.05) is 13.1 Å². The lowest BCUT2D eigenvalue weighted by Crippen LogP contribution is -2.31. The Labute approximate surface area is 115 Å². The number of hydrogen-bond donors (Lipinski definition) is 2. The first-order valence-corrected chi connectivity index (χ1v) is 6.99. The maximum absolute atomic E-state index is 11.2. The zero-order chi connectivity index (χ0) is 14.1. The molecule has 0 saturated heterocycles. The van der Waals surface area contributed by atoms with E-state index in [2.05, 4.69) is 36.3 Å². The molecule has 0 aliphatic heterocycles. The highest BCUT2D eigenvalue weighted by atomic mass is 16.2. The van der Waals surface area contributed by atoms with E-state index in [-0.39, 0.29) is 5.91 Å². The van der Waals surface area contributed by atoms with Gasteiger partial charge in [-0.15, -0.1) is 0 Å². The zero-order valence-corrected chi connectivity index (χ0v) is 12.0. The monoisotopic (exact) mass is 263 g/mol. The highest BCUT2D eigenvalue weighted by Crippen LogP contribution is 2.09. The Hall–Kier alpha value is -1.39. The van der Waals surface area contributed by atoms with E-state index in [0.29, 0.717) is 6.42 Å². The number of carbonyl (C=O) groups is 1. The van der Waals surface area contributed by atoms with E-state index < -0.39 is 0 Å². The van der Waals surface area contributed by atoms with Crippen LogP contribution in [-0.4, -0.2) is 23.9 Å². The van der Waals surface area contributed by atoms with Crippen LogP contribution in [0.25, 0.3) is 0 Å². The average molecular weight is 263 g/mol. The molecule has 0 fully saturated rings. The van der Waals surface area contributed by atoms with Crippen molar-refractivity contribution in [1.29, 1.82) is 0 Å². The van der Waals surface area contributed by atoms with Crippen molar-refractivity contribution in [2.24, 2.45) is 5.84 Å². The van der Waals surface area contributed by atoms with Gasteiger partial charge in [-0.3, -0.25) is 15.1 Å². The van der Waals surface area contributed by atoms with Gasteiger partial charge in [-0.1, -0.05) is 38.1 Å². The number of nitrogens with one attached hydrogen (secondary N) is 1. The predicted molar refractivity (Wildman–Crippen MR) is 78.3 cm³/mol. The van der Waals surface area contributed by atoms with Gasteiger partial charge in [0.25, 0.3) is 0 Å². The van der Waals surface area contributed by atoms with Crippen molar-refractivity contribution in [1.82, 2.24) is 10.3 Å². The smallest absolute Gasteiger partial charge is 0.238 e. The van der Waals surface area contributed by atoms with E-state index in [1.54, 1.807) is 0 Å². The highest BCUT2D eigenvalue weighted by molar-refractivity contribution is 5.77. The summed E-state index contributed by atoms with van der Waals surface area (Å²) in [5, 5.41) is 0. The molecule has 0 aliphatic rings. The minimum absolute atomic E-state index is 0.161. The Kier molecular flexibility index (Phi) is 7.15. The Morgan fingerprint density at radius 1 is 1.11 bits per heavy atom. The van der Waals surface area contributed by atoms with Crippen LogP contribution < -0.4 is 11.3 Å². The quantitative estimate of drug-likeness (QED) is 0.427. The maximum atomic E-state index is 11.2. The average Bonchev–Trinajstić information content (AvgIpc) is 2.41. The van der Waals surface area contributed by atoms with Crippen LogP contribution in [-0.2, 0) is 17.8 Å². The standard InChI is InChI=1S/C15H25N3O/c1-3-9-18(10-4-2)12-14-7-5-13(6-8-14)11-15(19)17-16/h5-8H,3-4,9-12,16H2,1-2H3,(H,17,19). The summed E-state index contributed by atoms with van der Waals surface area (Å²) < 4.78 is 0. The van der Waals surface area contributed by atoms with E-state index >= 15 is 0 Å². The highest BCUT2D eigenvalue weighted by Gasteiger charge is 2.05. The third-order valence-corrected chi connectivity index (χ3v) is 3.03. The lowest BCUT2D eigenvalue weighted by Gasteiger charge is -2.21. The number of benzene rings is 1. The number of hydrogen-bond acceptors (Lipinski definition) is 3. The van der Waals surface area contributed by atoms with E-state index in [1.165, 1.54) is 18.4 Å². The van der Waals surface area contributed by atoms with Crippen LogP contribution in [0.4, 0.5) is 0 Å². The van der Waals surface area contributed by atoms with Gasteiger partial charge in [0.2, 0.25) is 5.91 Å². The summed E-state index contributed by atoms with van der Waals surface area (Å²) in [6.45, 7) is 7.65. The first kappa shape index (κ1) is 15.7. The molecule has 3 N–H and O–H groups in total. The lowest BCUT2D eigenvalue weighted by atomic mass is 10.1. The van der Waals surface area contributed by atoms with E-state index in [9.17, 15) is 4.79 Å². The molecular weight excluding hydrogens is 238 g/mol. The minimum Gasteiger partial charge on any atom is -0.299 e. The third-order valence-electron chi connectivity index (χ3n) is 3.03. The molecule has 4 nitrogen and oxygen atoms in total. The van der Waals surface area contributed by atoms with Crippen LogP contribution >= 0.6 is 0 Å². The molecule has 0 bridgehead atoms. The molecule has 1 aromatic carbocycles. The summed E-state index contributed by atoms with van der Waals surface area (Å²) in [5.41, 5.74) is 4.43. The second-order valence-corrected chi connectivity index (χ2v) is 4.84. The number of rotatable bonds is 8. The summed E-state index contributed by atoms with van der Waals surface area (Å²) in [6, 6.07) is 8.19. The normalized spacial score (nSPS) is 10.7. The van der Waals surface area contributed by atoms with Crippen molar-refractivity contribution in [3.05, 3.63) is 35.4 Å². The van der Waals surface area contributed by atoms with Crippen LogP contribution in [0.3, 0.4) is 0 Å². The van der Waals surface area contributed by atoms with Gasteiger partial charge in [-0.05, 0) is 37.1 Å². The molecule has 0 aromatic heterocycles. The molecule has 1 aromatic rings. The fourth-order valence-electron chi connectivity index (χ4n) is 2.16. The molecule has 0 aliphatic carbocycles. The lowest BCUT2D eigenvalue weighted by molar-refractivity contribution is -0.120. The fraction of sp³-hybridized carbons (Fsp3) is 0.533. The predicted octanol–water partition coefficient (Wildman–Crippen LogP) is 1.84. The number of carbonyl (C=O) groups excluding carboxylic acids is 1. The molecular formula is C15H25N3O. The van der Waals surface area contributed by atoms with Crippen LogP contribution in [0.2, 0.25) is 0 Å². The van der Waals surface area contributed by atoms with Gasteiger partial charge in [0.1, 0.15) is 0 Å². The summed E-state index contributed by atoms with van der Waals surface area (Å²) in [6.07, 6.45) is 2.69. The van der Waals surface area contributed by atoms with Crippen LogP contribution in [0.15, 0.2) is 24.3 Å². The number of amides is 1. The molecule has 0 radical (unpaired) electrons. The molecule has 106 valence electrons. The summed E-state index contributed by atoms with van der Waals surface area (Å²) in [5.74, 6) is 4.92. The molecule has 1 amide bonds. The van der Waals surface area contributed by atoms with Gasteiger partial charge in [-0.2, -0.15) is 0 Å². The molecule has 0 heterocycles. The summed E-state index contributed by atoms with van der Waals surface area (Å²) in [7, 11) is 0. The van der Waals surface area contributed by atoms with E-state index in [4.69, 9.17) is 5.84 Å². The first-order chi connectivity index (χ1) is 9.19. The second-order valence-electron chi connectivity index (χ2n) is 4.84. The Morgan fingerprint density at radius 3 is 2.11 bits per heavy atom. The van der Waals surface area contributed by atoms with Crippen molar-refractivity contribution in [3.8, 4) is 0 Å². The SMILES string of the molecule is CCCN(CCC)Cc1ccc(CC(=O)NN)cc1. The molecule has 0 unspecified atom stereocenters. The molecule has 0 saturated carbocycles. The van der Waals surface area contributed by atoms with Crippen molar-refractivity contribution in [2.45, 2.75) is 39.7 Å². The van der Waals surface area contributed by atoms with Crippen molar-refractivity contribution >= 4 is 5.91 Å². The summed E-state index contributed by atoms with van der Waals surface area (Å²) >= 11 is 0. The van der Waals surface area contributed by atoms with Gasteiger partial charge >= 0.3 is 0 Å². The fourth-order valence-corrected chi connectivity index (χ4v) is 2.16. The number of hydrazine groups is 1. The van der Waals surface area contributed by atoms with Gasteiger partial charge in [0, 0.05) is 6.54 Å². The summed E-state index contributed by atoms with van der Waals surface area (Å²) in [4.78, 5) is 13.6. The van der Waals surface area contributed by atoms with Crippen molar-refractivity contribution < 1.29 is 4.79 Å². The largest absolute Gasteiger partial charge is 0.299 e. The first-order valence-electron chi connectivity index (χ1n) is 6.99. The molecule has 19 heavy (non-hydrogen) atoms. The van der Waals surface area contributed by atoms with E-state index in [0.717, 1.165) is 25.2 Å². The number of nitrogens with zero attached hydrogens (tertiary/aromatic N) is 1. The molecule has 0 spiro atoms. The molecule has 4 heteroatoms. The Bertz CT molecular complexity index is 369. The van der Waals surface area contributed by atoms with Crippen LogP contribution in [0, 0.1) is 0 Å². The topological polar surface area (TPSA) is 58.4 Å². The van der Waals surface area contributed by atoms with Crippen LogP contribution in [0.5, 0.6) is 0 Å². The maximum Gasteiger partial charge on any atom is 0.238 e. The van der Waals surface area contributed by atoms with Gasteiger partial charge in [0.15, 0.2) is 0 Å². The zero-order valence-electron chi connectivity index (χ0n) is 12.0. The van der Waals surface area contributed by atoms with Gasteiger partial charge in [0.05, 0.1) is 6.42 Å². The number of nitrogens with two attached hydrogens (primary N) is 1. The third kappa shape index (κ3) is 5.85. The van der Waals surface area contributed by atoms with Gasteiger partial charge < -0.3 is 0 Å². The molecule has 1 rings (SSSR count). The Balaban J connectivity index is 2.57. The van der Waals surface area contributed by atoms with Gasteiger partial charge in [-0.25, -0.2) is 5.84 Å². The van der Waals surface area contributed by atoms with E-state index in [1.807, 2.05) is 12.1 Å². The minimum atomic E-state index is -0.161. The Morgan fingerprint density at radius 2 is 1.63 bits per heavy atom. The molecule has 0 atom stereocenters. The van der Waals surface area contributed by atoms with Crippen molar-refractivity contribution in [3.63, 3.8) is 0 Å². The van der Waals surface area contributed by atoms with Crippen LogP contribution in [0.1, 0.15) is 37.8 Å².